The zero-order valence-electron chi connectivity index (χ0n) is 18.7. The topological polar surface area (TPSA) is 42.9 Å². The lowest BCUT2D eigenvalue weighted by Crippen LogP contribution is -2.50. The van der Waals surface area contributed by atoms with E-state index in [-0.39, 0.29) is 0 Å². The quantitative estimate of drug-likeness (QED) is 0.525. The van der Waals surface area contributed by atoms with Crippen molar-refractivity contribution in [3.63, 3.8) is 0 Å². The van der Waals surface area contributed by atoms with Crippen LogP contribution in [-0.2, 0) is 0 Å². The van der Waals surface area contributed by atoms with Crippen LogP contribution in [0, 0.1) is 0 Å². The average Bonchev–Trinajstić information content (AvgIpc) is 3.01. The zero-order chi connectivity index (χ0) is 21.6. The van der Waals surface area contributed by atoms with Gasteiger partial charge in [-0.05, 0) is 43.1 Å². The van der Waals surface area contributed by atoms with Crippen molar-refractivity contribution in [1.82, 2.24) is 15.1 Å². The van der Waals surface area contributed by atoms with E-state index in [0.717, 1.165) is 63.6 Å². The van der Waals surface area contributed by atoms with Crippen LogP contribution < -0.4 is 10.6 Å². The van der Waals surface area contributed by atoms with Crippen molar-refractivity contribution in [3.05, 3.63) is 48.3 Å². The van der Waals surface area contributed by atoms with Gasteiger partial charge in [0.2, 0.25) is 0 Å². The van der Waals surface area contributed by atoms with Crippen LogP contribution in [0.25, 0.3) is 5.57 Å². The summed E-state index contributed by atoms with van der Waals surface area (Å²) in [6.07, 6.45) is 11.2. The molecule has 0 aliphatic carbocycles. The molecule has 0 unspecified atom stereocenters. The molecule has 0 radical (unpaired) electrons. The third-order valence-corrected chi connectivity index (χ3v) is 5.46. The Kier molecular flexibility index (Phi) is 11.2. The summed E-state index contributed by atoms with van der Waals surface area (Å²) < 4.78 is 0. The number of anilines is 1. The maximum Gasteiger partial charge on any atom is 0.173 e. The molecule has 0 atom stereocenters. The van der Waals surface area contributed by atoms with Crippen molar-refractivity contribution in [3.8, 4) is 0 Å². The van der Waals surface area contributed by atoms with Crippen molar-refractivity contribution >= 4 is 34.8 Å². The van der Waals surface area contributed by atoms with E-state index < -0.39 is 0 Å². The minimum atomic E-state index is 0.824. The number of nitrogens with zero attached hydrogens (tertiary/aromatic N) is 3. The van der Waals surface area contributed by atoms with E-state index in [1.807, 2.05) is 26.3 Å². The number of thiocarbonyl (C=S) groups is 1. The molecule has 1 aromatic rings. The molecular formula is C24H37N5S. The maximum absolute atomic E-state index is 5.65. The molecule has 0 amide bonds. The lowest BCUT2D eigenvalue weighted by molar-refractivity contribution is 0.197. The predicted octanol–water partition coefficient (Wildman–Crippen LogP) is 4.75. The second kappa shape index (κ2) is 13.9. The Hall–Kier alpha value is -2.18. The molecule has 6 heteroatoms. The van der Waals surface area contributed by atoms with Gasteiger partial charge in [-0.3, -0.25) is 9.89 Å². The molecule has 0 spiro atoms. The smallest absolute Gasteiger partial charge is 0.173 e. The zero-order valence-corrected chi connectivity index (χ0v) is 19.5. The van der Waals surface area contributed by atoms with E-state index in [9.17, 15) is 0 Å². The fourth-order valence-corrected chi connectivity index (χ4v) is 3.74. The van der Waals surface area contributed by atoms with Crippen molar-refractivity contribution in [2.24, 2.45) is 4.99 Å². The van der Waals surface area contributed by atoms with Gasteiger partial charge in [-0.15, -0.1) is 0 Å². The van der Waals surface area contributed by atoms with Gasteiger partial charge in [-0.25, -0.2) is 0 Å². The SMILES string of the molecule is CC.CCC=N/C=C\CN1CCN(C(=S)N/C=C2/CCCNc3ccccc32)CC1. The number of allylic oxidation sites excluding steroid dienone is 1. The average molecular weight is 428 g/mol. The molecule has 3 rings (SSSR count). The number of fused-ring (bicyclic) bond motifs is 1. The number of hydrogen-bond donors (Lipinski definition) is 2. The van der Waals surface area contributed by atoms with Gasteiger partial charge in [0.05, 0.1) is 0 Å². The van der Waals surface area contributed by atoms with Gasteiger partial charge in [0.15, 0.2) is 5.11 Å². The Balaban J connectivity index is 0.00000155. The first kappa shape index (κ1) is 24.1. The lowest BCUT2D eigenvalue weighted by atomic mass is 10.0. The van der Waals surface area contributed by atoms with Crippen LogP contribution in [0.5, 0.6) is 0 Å². The molecule has 1 aromatic carbocycles. The van der Waals surface area contributed by atoms with Gasteiger partial charge >= 0.3 is 0 Å². The predicted molar refractivity (Wildman–Crippen MR) is 135 cm³/mol. The molecular weight excluding hydrogens is 390 g/mol. The number of piperazine rings is 1. The molecule has 0 saturated carbocycles. The van der Waals surface area contributed by atoms with E-state index in [2.05, 4.69) is 68.9 Å². The first-order chi connectivity index (χ1) is 14.8. The number of benzene rings is 1. The molecule has 0 bridgehead atoms. The Labute approximate surface area is 187 Å². The van der Waals surface area contributed by atoms with Gasteiger partial charge in [-0.2, -0.15) is 0 Å². The summed E-state index contributed by atoms with van der Waals surface area (Å²) in [4.78, 5) is 8.92. The third-order valence-electron chi connectivity index (χ3n) is 5.08. The molecule has 30 heavy (non-hydrogen) atoms. The van der Waals surface area contributed by atoms with Crippen LogP contribution in [0.4, 0.5) is 5.69 Å². The van der Waals surface area contributed by atoms with E-state index in [1.54, 1.807) is 0 Å². The molecule has 1 saturated heterocycles. The van der Waals surface area contributed by atoms with E-state index in [0.29, 0.717) is 0 Å². The highest BCUT2D eigenvalue weighted by Gasteiger charge is 2.18. The standard InChI is InChI=1S/C22H31N5S.C2H6/c1-2-10-23-11-6-13-26-14-16-27(17-15-26)22(28)25-18-19-7-5-12-24-21-9-4-3-8-20(19)21;1-2/h3-4,6,8-11,18,24H,2,5,7,12-17H2,1H3,(H,25,28);1-2H3/b11-6-,19-18-,23-10?;. The highest BCUT2D eigenvalue weighted by atomic mass is 32.1. The largest absolute Gasteiger partial charge is 0.385 e. The van der Waals surface area contributed by atoms with Gasteiger partial charge in [0.25, 0.3) is 0 Å². The van der Waals surface area contributed by atoms with Crippen LogP contribution in [-0.4, -0.2) is 60.4 Å². The number of rotatable bonds is 5. The van der Waals surface area contributed by atoms with Gasteiger partial charge in [0, 0.05) is 69.1 Å². The summed E-state index contributed by atoms with van der Waals surface area (Å²) in [6.45, 7) is 12.0. The van der Waals surface area contributed by atoms with Gasteiger partial charge in [-0.1, -0.05) is 45.0 Å². The first-order valence-electron chi connectivity index (χ1n) is 11.2. The molecule has 1 fully saturated rings. The summed E-state index contributed by atoms with van der Waals surface area (Å²) in [6, 6.07) is 8.51. The second-order valence-corrected chi connectivity index (χ2v) is 7.49. The van der Waals surface area contributed by atoms with Crippen LogP contribution in [0.1, 0.15) is 45.6 Å². The summed E-state index contributed by atoms with van der Waals surface area (Å²) in [7, 11) is 0. The number of nitrogens with one attached hydrogen (secondary N) is 2. The Morgan fingerprint density at radius 3 is 2.73 bits per heavy atom. The normalized spacial score (nSPS) is 18.5. The fourth-order valence-electron chi connectivity index (χ4n) is 3.50. The Morgan fingerprint density at radius 1 is 1.20 bits per heavy atom. The molecule has 0 aromatic heterocycles. The minimum Gasteiger partial charge on any atom is -0.385 e. The highest BCUT2D eigenvalue weighted by Crippen LogP contribution is 2.29. The van der Waals surface area contributed by atoms with Crippen LogP contribution in [0.2, 0.25) is 0 Å². The second-order valence-electron chi connectivity index (χ2n) is 7.11. The first-order valence-corrected chi connectivity index (χ1v) is 11.7. The number of hydrogen-bond acceptors (Lipinski definition) is 4. The van der Waals surface area contributed by atoms with Gasteiger partial charge in [0.1, 0.15) is 0 Å². The maximum atomic E-state index is 5.65. The van der Waals surface area contributed by atoms with Crippen LogP contribution in [0.15, 0.2) is 47.7 Å². The van der Waals surface area contributed by atoms with Crippen molar-refractivity contribution in [2.45, 2.75) is 40.0 Å². The lowest BCUT2D eigenvalue weighted by Gasteiger charge is -2.35. The summed E-state index contributed by atoms with van der Waals surface area (Å²) in [5.41, 5.74) is 3.81. The molecule has 5 nitrogen and oxygen atoms in total. The summed E-state index contributed by atoms with van der Waals surface area (Å²) in [5.74, 6) is 0. The Morgan fingerprint density at radius 2 is 1.97 bits per heavy atom. The number of aliphatic imine (C=N–C) groups is 1. The monoisotopic (exact) mass is 427 g/mol. The Bertz CT molecular complexity index is 733. The minimum absolute atomic E-state index is 0.824. The van der Waals surface area contributed by atoms with Crippen molar-refractivity contribution < 1.29 is 0 Å². The summed E-state index contributed by atoms with van der Waals surface area (Å²) >= 11 is 5.65. The van der Waals surface area contributed by atoms with Gasteiger partial charge < -0.3 is 15.5 Å². The summed E-state index contributed by atoms with van der Waals surface area (Å²) in [5, 5.41) is 7.72. The molecule has 2 aliphatic rings. The van der Waals surface area contributed by atoms with E-state index >= 15 is 0 Å². The van der Waals surface area contributed by atoms with Crippen LogP contribution in [0.3, 0.4) is 0 Å². The fraction of sp³-hybridized carbons (Fsp3) is 0.500. The van der Waals surface area contributed by atoms with E-state index in [1.165, 1.54) is 16.8 Å². The number of para-hydroxylation sites is 1. The molecule has 164 valence electrons. The molecule has 2 N–H and O–H groups in total. The van der Waals surface area contributed by atoms with Crippen molar-refractivity contribution in [1.29, 1.82) is 0 Å². The highest BCUT2D eigenvalue weighted by molar-refractivity contribution is 7.80. The third kappa shape index (κ3) is 7.58. The van der Waals surface area contributed by atoms with Crippen LogP contribution >= 0.6 is 12.2 Å². The van der Waals surface area contributed by atoms with Crippen molar-refractivity contribution in [2.75, 3.05) is 44.6 Å². The molecule has 2 heterocycles. The molecule has 2 aliphatic heterocycles. The van der Waals surface area contributed by atoms with E-state index in [4.69, 9.17) is 12.2 Å².